The minimum atomic E-state index is -0.273. The van der Waals surface area contributed by atoms with Gasteiger partial charge in [-0.15, -0.1) is 11.8 Å². The molecule has 0 saturated carbocycles. The van der Waals surface area contributed by atoms with E-state index < -0.39 is 0 Å². The second kappa shape index (κ2) is 9.26. The number of phenols is 2. The van der Waals surface area contributed by atoms with Crippen molar-refractivity contribution >= 4 is 17.5 Å². The molecule has 0 spiro atoms. The first-order valence-electron chi connectivity index (χ1n) is 9.94. The van der Waals surface area contributed by atoms with Crippen LogP contribution in [0.3, 0.4) is 0 Å². The number of carbonyl (C=O) groups excluding carboxylic acids is 1. The third kappa shape index (κ3) is 4.17. The topological polar surface area (TPSA) is 66.8 Å². The molecule has 0 unspecified atom stereocenters. The number of thioether (sulfide) groups is 1. The Balaban J connectivity index is 2.28. The molecule has 0 aliphatic heterocycles. The lowest BCUT2D eigenvalue weighted by atomic mass is 9.93. The Morgan fingerprint density at radius 1 is 1.00 bits per heavy atom. The van der Waals surface area contributed by atoms with Gasteiger partial charge >= 0.3 is 0 Å². The molecule has 4 nitrogen and oxygen atoms in total. The van der Waals surface area contributed by atoms with Crippen molar-refractivity contribution in [2.45, 2.75) is 32.6 Å². The Kier molecular flexibility index (Phi) is 6.73. The highest BCUT2D eigenvalue weighted by Crippen LogP contribution is 2.47. The van der Waals surface area contributed by atoms with Gasteiger partial charge in [-0.1, -0.05) is 37.3 Å². The van der Waals surface area contributed by atoms with E-state index in [0.717, 1.165) is 27.3 Å². The van der Waals surface area contributed by atoms with Crippen LogP contribution in [0.25, 0.3) is 22.3 Å². The Labute approximate surface area is 181 Å². The molecule has 0 fully saturated rings. The van der Waals surface area contributed by atoms with E-state index in [1.165, 1.54) is 13.0 Å². The van der Waals surface area contributed by atoms with Crippen molar-refractivity contribution in [3.63, 3.8) is 0 Å². The number of Topliss-reactive ketones (excluding diaryl/α,β-unsaturated/α-hetero) is 1. The Morgan fingerprint density at radius 3 is 2.30 bits per heavy atom. The van der Waals surface area contributed by atoms with E-state index in [-0.39, 0.29) is 22.8 Å². The summed E-state index contributed by atoms with van der Waals surface area (Å²) in [7, 11) is 0. The molecule has 0 aromatic heterocycles. The van der Waals surface area contributed by atoms with Crippen LogP contribution in [0.15, 0.2) is 53.4 Å². The molecule has 3 rings (SSSR count). The zero-order chi connectivity index (χ0) is 21.8. The minimum absolute atomic E-state index is 0.118. The van der Waals surface area contributed by atoms with Crippen LogP contribution >= 0.6 is 11.8 Å². The second-order valence-electron chi connectivity index (χ2n) is 6.93. The van der Waals surface area contributed by atoms with Crippen LogP contribution in [0.4, 0.5) is 0 Å². The quantitative estimate of drug-likeness (QED) is 0.338. The molecule has 0 amide bonds. The van der Waals surface area contributed by atoms with Crippen molar-refractivity contribution in [1.82, 2.24) is 0 Å². The van der Waals surface area contributed by atoms with E-state index in [4.69, 9.17) is 4.74 Å². The number of hydrogen-bond acceptors (Lipinski definition) is 5. The third-order valence-electron chi connectivity index (χ3n) is 4.90. The standard InChI is InChI=1S/C25H26O4S/c1-5-29-22-13-18(12-20(27)23(22)16(4)26)24-21(28)14-19(15(3)25(24)30-6-2)17-10-8-7-9-11-17/h7-14,27-28H,5-6H2,1-4H3. The number of rotatable bonds is 7. The fourth-order valence-electron chi connectivity index (χ4n) is 3.63. The van der Waals surface area contributed by atoms with Crippen molar-refractivity contribution in [1.29, 1.82) is 0 Å². The van der Waals surface area contributed by atoms with Gasteiger partial charge in [-0.3, -0.25) is 4.79 Å². The summed E-state index contributed by atoms with van der Waals surface area (Å²) in [5.74, 6) is 0.830. The van der Waals surface area contributed by atoms with Gasteiger partial charge in [-0.25, -0.2) is 0 Å². The molecule has 0 saturated heterocycles. The minimum Gasteiger partial charge on any atom is -0.507 e. The molecule has 0 atom stereocenters. The second-order valence-corrected chi connectivity index (χ2v) is 8.20. The molecule has 0 bridgehead atoms. The smallest absolute Gasteiger partial charge is 0.167 e. The monoisotopic (exact) mass is 422 g/mol. The molecule has 156 valence electrons. The summed E-state index contributed by atoms with van der Waals surface area (Å²) in [6, 6.07) is 14.9. The lowest BCUT2D eigenvalue weighted by Crippen LogP contribution is -2.02. The Hall–Kier alpha value is -2.92. The maximum absolute atomic E-state index is 12.0. The zero-order valence-corrected chi connectivity index (χ0v) is 18.5. The first-order valence-corrected chi connectivity index (χ1v) is 10.9. The van der Waals surface area contributed by atoms with Crippen molar-refractivity contribution in [3.8, 4) is 39.5 Å². The molecular formula is C25H26O4S. The van der Waals surface area contributed by atoms with Crippen LogP contribution in [-0.2, 0) is 0 Å². The largest absolute Gasteiger partial charge is 0.507 e. The number of ether oxygens (including phenoxy) is 1. The predicted octanol–water partition coefficient (Wildman–Crippen LogP) is 6.45. The molecule has 0 aliphatic rings. The van der Waals surface area contributed by atoms with Crippen molar-refractivity contribution < 1.29 is 19.7 Å². The van der Waals surface area contributed by atoms with E-state index in [2.05, 4.69) is 6.92 Å². The molecule has 2 N–H and O–H groups in total. The van der Waals surface area contributed by atoms with E-state index in [9.17, 15) is 15.0 Å². The summed E-state index contributed by atoms with van der Waals surface area (Å²) in [6.07, 6.45) is 0. The summed E-state index contributed by atoms with van der Waals surface area (Å²) < 4.78 is 5.64. The summed E-state index contributed by atoms with van der Waals surface area (Å²) in [5.41, 5.74) is 4.43. The first-order chi connectivity index (χ1) is 14.4. The molecular weight excluding hydrogens is 396 g/mol. The van der Waals surface area contributed by atoms with Gasteiger partial charge in [0, 0.05) is 10.5 Å². The number of carbonyl (C=O) groups is 1. The number of aromatic hydroxyl groups is 2. The highest BCUT2D eigenvalue weighted by Gasteiger charge is 2.22. The van der Waals surface area contributed by atoms with Crippen molar-refractivity contribution in [2.75, 3.05) is 12.4 Å². The van der Waals surface area contributed by atoms with E-state index in [0.29, 0.717) is 23.5 Å². The molecule has 0 heterocycles. The lowest BCUT2D eigenvalue weighted by Gasteiger charge is -2.19. The summed E-state index contributed by atoms with van der Waals surface area (Å²) in [5, 5.41) is 21.6. The molecule has 30 heavy (non-hydrogen) atoms. The van der Waals surface area contributed by atoms with Crippen LogP contribution < -0.4 is 4.74 Å². The average molecular weight is 423 g/mol. The number of benzene rings is 3. The normalized spacial score (nSPS) is 10.8. The van der Waals surface area contributed by atoms with Crippen LogP contribution in [0.5, 0.6) is 17.2 Å². The van der Waals surface area contributed by atoms with Crippen molar-refractivity contribution in [2.24, 2.45) is 0 Å². The SMILES string of the molecule is CCOc1cc(-c2c(O)cc(-c3ccccc3)c(C)c2SCC)cc(O)c1C(C)=O. The molecule has 0 aliphatic carbocycles. The van der Waals surface area contributed by atoms with E-state index >= 15 is 0 Å². The van der Waals surface area contributed by atoms with Crippen molar-refractivity contribution in [3.05, 3.63) is 59.7 Å². The molecule has 5 heteroatoms. The van der Waals surface area contributed by atoms with Gasteiger partial charge in [0.05, 0.1) is 6.61 Å². The lowest BCUT2D eigenvalue weighted by molar-refractivity contribution is 0.101. The summed E-state index contributed by atoms with van der Waals surface area (Å²) in [6.45, 7) is 7.67. The highest BCUT2D eigenvalue weighted by molar-refractivity contribution is 7.99. The summed E-state index contributed by atoms with van der Waals surface area (Å²) in [4.78, 5) is 12.9. The molecule has 0 radical (unpaired) electrons. The van der Waals surface area contributed by atoms with Crippen LogP contribution in [0.2, 0.25) is 0 Å². The van der Waals surface area contributed by atoms with E-state index in [1.54, 1.807) is 23.9 Å². The fraction of sp³-hybridized carbons (Fsp3) is 0.240. The Bertz CT molecular complexity index is 1070. The van der Waals surface area contributed by atoms with Gasteiger partial charge in [0.25, 0.3) is 0 Å². The number of hydrogen-bond donors (Lipinski definition) is 2. The highest BCUT2D eigenvalue weighted by atomic mass is 32.2. The van der Waals surface area contributed by atoms with Gasteiger partial charge in [0.2, 0.25) is 0 Å². The first kappa shape index (κ1) is 21.8. The molecule has 3 aromatic rings. The van der Waals surface area contributed by atoms with Crippen LogP contribution in [0.1, 0.15) is 36.7 Å². The summed E-state index contributed by atoms with van der Waals surface area (Å²) >= 11 is 1.63. The number of ketones is 1. The maximum Gasteiger partial charge on any atom is 0.167 e. The maximum atomic E-state index is 12.0. The van der Waals surface area contributed by atoms with Gasteiger partial charge < -0.3 is 14.9 Å². The predicted molar refractivity (Wildman–Crippen MR) is 123 cm³/mol. The van der Waals surface area contributed by atoms with Gasteiger partial charge in [0.15, 0.2) is 5.78 Å². The van der Waals surface area contributed by atoms with E-state index in [1.807, 2.05) is 44.2 Å². The third-order valence-corrected chi connectivity index (χ3v) is 5.99. The fourth-order valence-corrected chi connectivity index (χ4v) is 4.61. The van der Waals surface area contributed by atoms with Crippen LogP contribution in [-0.4, -0.2) is 28.4 Å². The molecule has 3 aromatic carbocycles. The van der Waals surface area contributed by atoms with Gasteiger partial charge in [-0.2, -0.15) is 0 Å². The van der Waals surface area contributed by atoms with Gasteiger partial charge in [-0.05, 0) is 67.0 Å². The number of phenolic OH excluding ortho intramolecular Hbond substituents is 2. The van der Waals surface area contributed by atoms with Gasteiger partial charge in [0.1, 0.15) is 22.8 Å². The van der Waals surface area contributed by atoms with Crippen LogP contribution in [0, 0.1) is 6.92 Å². The zero-order valence-electron chi connectivity index (χ0n) is 17.7. The average Bonchev–Trinajstić information content (AvgIpc) is 2.71. The Morgan fingerprint density at radius 2 is 1.70 bits per heavy atom.